The molecule has 0 radical (unpaired) electrons. The van der Waals surface area contributed by atoms with Crippen molar-refractivity contribution in [2.45, 2.75) is 12.3 Å². The first-order chi connectivity index (χ1) is 8.55. The van der Waals surface area contributed by atoms with E-state index in [-0.39, 0.29) is 5.41 Å². The van der Waals surface area contributed by atoms with Gasteiger partial charge in [0.25, 0.3) is 0 Å². The van der Waals surface area contributed by atoms with Crippen LogP contribution in [-0.2, 0) is 5.41 Å². The molecule has 1 aliphatic rings. The molecule has 2 rings (SSSR count). The summed E-state index contributed by atoms with van der Waals surface area (Å²) in [4.78, 5) is 2.36. The molecule has 1 aromatic rings. The van der Waals surface area contributed by atoms with E-state index in [4.69, 9.17) is 16.3 Å². The highest BCUT2D eigenvalue weighted by atomic mass is 35.5. The second-order valence-electron chi connectivity index (χ2n) is 5.32. The zero-order valence-electron chi connectivity index (χ0n) is 11.3. The number of nitrogens with one attached hydrogen (secondary N) is 1. The predicted octanol–water partition coefficient (Wildman–Crippen LogP) is 2.14. The molecule has 100 valence electrons. The van der Waals surface area contributed by atoms with Crippen LogP contribution in [0.2, 0.25) is 5.02 Å². The molecule has 0 bridgehead atoms. The van der Waals surface area contributed by atoms with E-state index < -0.39 is 0 Å². The normalized spacial score (nSPS) is 25.8. The fourth-order valence-electron chi connectivity index (χ4n) is 2.60. The highest BCUT2D eigenvalue weighted by Crippen LogP contribution is 2.32. The summed E-state index contributed by atoms with van der Waals surface area (Å²) in [6.07, 6.45) is 0. The molecule has 1 aliphatic heterocycles. The zero-order chi connectivity index (χ0) is 13.2. The molecule has 0 aliphatic carbocycles. The predicted molar refractivity (Wildman–Crippen MR) is 75.7 cm³/mol. The topological polar surface area (TPSA) is 24.5 Å². The van der Waals surface area contributed by atoms with E-state index in [1.165, 1.54) is 5.56 Å². The van der Waals surface area contributed by atoms with Crippen LogP contribution >= 0.6 is 11.6 Å². The van der Waals surface area contributed by atoms with Crippen LogP contribution in [0.4, 0.5) is 0 Å². The lowest BCUT2D eigenvalue weighted by molar-refractivity contribution is 0.290. The van der Waals surface area contributed by atoms with Gasteiger partial charge in [-0.05, 0) is 24.7 Å². The second-order valence-corrected chi connectivity index (χ2v) is 5.73. The van der Waals surface area contributed by atoms with Crippen LogP contribution in [0.25, 0.3) is 0 Å². The smallest absolute Gasteiger partial charge is 0.137 e. The van der Waals surface area contributed by atoms with Crippen molar-refractivity contribution in [2.75, 3.05) is 40.3 Å². The first kappa shape index (κ1) is 13.7. The summed E-state index contributed by atoms with van der Waals surface area (Å²) in [6.45, 7) is 6.40. The Morgan fingerprint density at radius 3 is 2.89 bits per heavy atom. The number of halogens is 1. The standard InChI is InChI=1S/C14H21ClN2O/c1-14(9-16-6-7-17(2)10-14)11-4-5-13(18-3)12(15)8-11/h4-5,8,16H,6-7,9-10H2,1-3H3. The third-order valence-electron chi connectivity index (χ3n) is 3.65. The van der Waals surface area contributed by atoms with Crippen LogP contribution in [0.15, 0.2) is 18.2 Å². The molecule has 0 spiro atoms. The quantitative estimate of drug-likeness (QED) is 0.890. The van der Waals surface area contributed by atoms with Gasteiger partial charge in [-0.25, -0.2) is 0 Å². The van der Waals surface area contributed by atoms with Crippen LogP contribution in [-0.4, -0.2) is 45.2 Å². The Morgan fingerprint density at radius 1 is 1.44 bits per heavy atom. The number of hydrogen-bond donors (Lipinski definition) is 1. The molecule has 0 amide bonds. The first-order valence-electron chi connectivity index (χ1n) is 6.28. The Hall–Kier alpha value is -0.770. The van der Waals surface area contributed by atoms with Gasteiger partial charge in [0.1, 0.15) is 5.75 Å². The fraction of sp³-hybridized carbons (Fsp3) is 0.571. The summed E-state index contributed by atoms with van der Waals surface area (Å²) >= 11 is 6.23. The molecular weight excluding hydrogens is 248 g/mol. The number of methoxy groups -OCH3 is 1. The number of rotatable bonds is 2. The van der Waals surface area contributed by atoms with Gasteiger partial charge in [0, 0.05) is 31.6 Å². The van der Waals surface area contributed by atoms with Gasteiger partial charge in [-0.1, -0.05) is 24.6 Å². The molecule has 0 saturated carbocycles. The maximum absolute atomic E-state index is 6.23. The van der Waals surface area contributed by atoms with E-state index in [2.05, 4.69) is 30.3 Å². The Bertz CT molecular complexity index is 424. The van der Waals surface area contributed by atoms with Crippen LogP contribution in [0.5, 0.6) is 5.75 Å². The molecule has 0 aromatic heterocycles. The van der Waals surface area contributed by atoms with Crippen LogP contribution < -0.4 is 10.1 Å². The number of benzene rings is 1. The SMILES string of the molecule is COc1ccc(C2(C)CNCCN(C)C2)cc1Cl. The Morgan fingerprint density at radius 2 is 2.22 bits per heavy atom. The maximum atomic E-state index is 6.23. The van der Waals surface area contributed by atoms with Crippen molar-refractivity contribution in [3.8, 4) is 5.75 Å². The molecule has 18 heavy (non-hydrogen) atoms. The van der Waals surface area contributed by atoms with Gasteiger partial charge in [-0.2, -0.15) is 0 Å². The summed E-state index contributed by atoms with van der Waals surface area (Å²) in [6, 6.07) is 6.10. The molecule has 4 heteroatoms. The van der Waals surface area contributed by atoms with Gasteiger partial charge >= 0.3 is 0 Å². The minimum absolute atomic E-state index is 0.0845. The summed E-state index contributed by atoms with van der Waals surface area (Å²) in [7, 11) is 3.81. The van der Waals surface area contributed by atoms with Gasteiger partial charge in [-0.3, -0.25) is 0 Å². The van der Waals surface area contributed by atoms with Crippen LogP contribution in [0.1, 0.15) is 12.5 Å². The van der Waals surface area contributed by atoms with Crippen molar-refractivity contribution in [3.05, 3.63) is 28.8 Å². The lowest BCUT2D eigenvalue weighted by Gasteiger charge is -2.31. The molecule has 3 nitrogen and oxygen atoms in total. The molecular formula is C14H21ClN2O. The molecule has 1 aromatic carbocycles. The number of hydrogen-bond acceptors (Lipinski definition) is 3. The van der Waals surface area contributed by atoms with Crippen molar-refractivity contribution >= 4 is 11.6 Å². The molecule has 1 N–H and O–H groups in total. The molecule has 1 atom stereocenters. The van der Waals surface area contributed by atoms with Gasteiger partial charge in [-0.15, -0.1) is 0 Å². The van der Waals surface area contributed by atoms with Crippen LogP contribution in [0, 0.1) is 0 Å². The Balaban J connectivity index is 2.30. The molecule has 1 saturated heterocycles. The van der Waals surface area contributed by atoms with E-state index in [9.17, 15) is 0 Å². The number of ether oxygens (including phenoxy) is 1. The van der Waals surface area contributed by atoms with Crippen molar-refractivity contribution < 1.29 is 4.74 Å². The number of nitrogens with zero attached hydrogens (tertiary/aromatic N) is 1. The third kappa shape index (κ3) is 2.79. The summed E-state index contributed by atoms with van der Waals surface area (Å²) < 4.78 is 5.21. The Kier molecular flexibility index (Phi) is 4.15. The van der Waals surface area contributed by atoms with Gasteiger partial charge in [0.2, 0.25) is 0 Å². The summed E-state index contributed by atoms with van der Waals surface area (Å²) in [5, 5.41) is 4.18. The van der Waals surface area contributed by atoms with E-state index >= 15 is 0 Å². The third-order valence-corrected chi connectivity index (χ3v) is 3.95. The minimum atomic E-state index is 0.0845. The van der Waals surface area contributed by atoms with Crippen molar-refractivity contribution in [1.82, 2.24) is 10.2 Å². The first-order valence-corrected chi connectivity index (χ1v) is 6.66. The maximum Gasteiger partial charge on any atom is 0.137 e. The average molecular weight is 269 g/mol. The van der Waals surface area contributed by atoms with Crippen LogP contribution in [0.3, 0.4) is 0 Å². The van der Waals surface area contributed by atoms with E-state index in [1.807, 2.05) is 12.1 Å². The van der Waals surface area contributed by atoms with Gasteiger partial charge in [0.05, 0.1) is 12.1 Å². The van der Waals surface area contributed by atoms with E-state index in [0.717, 1.165) is 31.9 Å². The van der Waals surface area contributed by atoms with Gasteiger partial charge < -0.3 is 15.0 Å². The molecule has 1 heterocycles. The zero-order valence-corrected chi connectivity index (χ0v) is 12.0. The van der Waals surface area contributed by atoms with Crippen molar-refractivity contribution in [1.29, 1.82) is 0 Å². The molecule has 1 fully saturated rings. The highest BCUT2D eigenvalue weighted by molar-refractivity contribution is 6.32. The van der Waals surface area contributed by atoms with Gasteiger partial charge in [0.15, 0.2) is 0 Å². The lowest BCUT2D eigenvalue weighted by atomic mass is 9.82. The summed E-state index contributed by atoms with van der Waals surface area (Å²) in [5.74, 6) is 0.735. The lowest BCUT2D eigenvalue weighted by Crippen LogP contribution is -2.39. The number of likely N-dealkylation sites (N-methyl/N-ethyl adjacent to an activating group) is 1. The fourth-order valence-corrected chi connectivity index (χ4v) is 2.86. The van der Waals surface area contributed by atoms with E-state index in [0.29, 0.717) is 5.02 Å². The Labute approximate surface area is 114 Å². The second kappa shape index (κ2) is 5.47. The summed E-state index contributed by atoms with van der Waals surface area (Å²) in [5.41, 5.74) is 1.34. The largest absolute Gasteiger partial charge is 0.495 e. The van der Waals surface area contributed by atoms with E-state index in [1.54, 1.807) is 7.11 Å². The van der Waals surface area contributed by atoms with Crippen molar-refractivity contribution in [3.63, 3.8) is 0 Å². The monoisotopic (exact) mass is 268 g/mol. The van der Waals surface area contributed by atoms with Crippen molar-refractivity contribution in [2.24, 2.45) is 0 Å². The average Bonchev–Trinajstić information content (AvgIpc) is 2.51. The molecule has 1 unspecified atom stereocenters. The highest BCUT2D eigenvalue weighted by Gasteiger charge is 2.30. The minimum Gasteiger partial charge on any atom is -0.495 e.